The Labute approximate surface area is 125 Å². The topological polar surface area (TPSA) is 70.1 Å². The van der Waals surface area contributed by atoms with Crippen molar-refractivity contribution in [2.24, 2.45) is 0 Å². The van der Waals surface area contributed by atoms with Crippen LogP contribution in [0.5, 0.6) is 0 Å². The van der Waals surface area contributed by atoms with E-state index >= 15 is 0 Å². The van der Waals surface area contributed by atoms with Gasteiger partial charge < -0.3 is 10.6 Å². The van der Waals surface area contributed by atoms with Crippen LogP contribution in [0, 0.1) is 17.1 Å². The molecule has 4 nitrogen and oxygen atoms in total. The van der Waals surface area contributed by atoms with E-state index in [9.17, 15) is 9.18 Å². The maximum Gasteiger partial charge on any atom is 0.254 e. The average Bonchev–Trinajstić information content (AvgIpc) is 2.81. The Hall–Kier alpha value is -2.39. The number of nitrogens with zero attached hydrogens (tertiary/aromatic N) is 2. The molecule has 1 aliphatic rings. The van der Waals surface area contributed by atoms with Gasteiger partial charge in [0.05, 0.1) is 12.1 Å². The van der Waals surface area contributed by atoms with Crippen LogP contribution in [0.2, 0.25) is 0 Å². The minimum atomic E-state index is -0.364. The molecule has 2 aromatic rings. The number of hydrogen-bond acceptors (Lipinski definition) is 4. The fraction of sp³-hybridized carbons (Fsp3) is 0.200. The van der Waals surface area contributed by atoms with Crippen molar-refractivity contribution < 1.29 is 9.18 Å². The zero-order valence-electron chi connectivity index (χ0n) is 11.1. The summed E-state index contributed by atoms with van der Waals surface area (Å²) in [5.74, 6) is -0.497. The highest BCUT2D eigenvalue weighted by atomic mass is 32.1. The maximum absolute atomic E-state index is 12.9. The summed E-state index contributed by atoms with van der Waals surface area (Å²) in [5.41, 5.74) is 7.80. The van der Waals surface area contributed by atoms with Crippen LogP contribution in [0.4, 0.5) is 9.39 Å². The summed E-state index contributed by atoms with van der Waals surface area (Å²) in [5, 5.41) is 9.62. The van der Waals surface area contributed by atoms with E-state index < -0.39 is 0 Å². The molecule has 0 radical (unpaired) electrons. The Bertz CT molecular complexity index is 746. The number of rotatable bonds is 1. The van der Waals surface area contributed by atoms with E-state index in [1.54, 1.807) is 4.90 Å². The number of thiophene rings is 1. The first-order chi connectivity index (χ1) is 10.1. The van der Waals surface area contributed by atoms with Gasteiger partial charge in [-0.15, -0.1) is 11.3 Å². The van der Waals surface area contributed by atoms with Crippen LogP contribution < -0.4 is 5.73 Å². The minimum Gasteiger partial charge on any atom is -0.389 e. The summed E-state index contributed by atoms with van der Waals surface area (Å²) in [6, 6.07) is 7.65. The van der Waals surface area contributed by atoms with Crippen LogP contribution in [0.25, 0.3) is 0 Å². The first-order valence-corrected chi connectivity index (χ1v) is 7.26. The van der Waals surface area contributed by atoms with Crippen LogP contribution in [0.3, 0.4) is 0 Å². The van der Waals surface area contributed by atoms with Crippen molar-refractivity contribution in [3.8, 4) is 6.07 Å². The van der Waals surface area contributed by atoms with Crippen LogP contribution in [-0.2, 0) is 13.0 Å². The number of fused-ring (bicyclic) bond motifs is 1. The molecule has 106 valence electrons. The van der Waals surface area contributed by atoms with E-state index in [1.807, 2.05) is 0 Å². The molecule has 0 spiro atoms. The standard InChI is InChI=1S/C15H12FN3OS/c16-10-3-1-9(2-4-10)15(20)19-6-5-11-12(7-17)14(18)21-13(11)8-19/h1-4H,5-6,8,18H2. The van der Waals surface area contributed by atoms with Gasteiger partial charge in [-0.1, -0.05) is 0 Å². The molecule has 1 aliphatic heterocycles. The molecule has 1 aromatic carbocycles. The van der Waals surface area contributed by atoms with Crippen LogP contribution in [0.1, 0.15) is 26.4 Å². The van der Waals surface area contributed by atoms with Gasteiger partial charge in [-0.05, 0) is 36.2 Å². The molecule has 0 fully saturated rings. The first kappa shape index (κ1) is 13.6. The third-order valence-corrected chi connectivity index (χ3v) is 4.62. The lowest BCUT2D eigenvalue weighted by atomic mass is 10.0. The van der Waals surface area contributed by atoms with Gasteiger partial charge in [0.2, 0.25) is 0 Å². The van der Waals surface area contributed by atoms with E-state index in [0.29, 0.717) is 35.6 Å². The van der Waals surface area contributed by atoms with Crippen molar-refractivity contribution in [3.05, 3.63) is 51.7 Å². The predicted octanol–water partition coefficient (Wildman–Crippen LogP) is 2.54. The van der Waals surface area contributed by atoms with E-state index in [-0.39, 0.29) is 11.7 Å². The second-order valence-corrected chi connectivity index (χ2v) is 5.98. The number of amides is 1. The molecular formula is C15H12FN3OS. The van der Waals surface area contributed by atoms with E-state index in [1.165, 1.54) is 35.6 Å². The first-order valence-electron chi connectivity index (χ1n) is 6.45. The summed E-state index contributed by atoms with van der Waals surface area (Å²) in [6.45, 7) is 0.982. The number of carbonyl (C=O) groups is 1. The molecule has 0 aliphatic carbocycles. The zero-order chi connectivity index (χ0) is 15.0. The van der Waals surface area contributed by atoms with Crippen LogP contribution >= 0.6 is 11.3 Å². The number of carbonyl (C=O) groups excluding carboxylic acids is 1. The molecule has 0 atom stereocenters. The Morgan fingerprint density at radius 3 is 2.76 bits per heavy atom. The Kier molecular flexibility index (Phi) is 3.35. The largest absolute Gasteiger partial charge is 0.389 e. The number of nitrogens with two attached hydrogens (primary N) is 1. The molecule has 3 rings (SSSR count). The highest BCUT2D eigenvalue weighted by molar-refractivity contribution is 7.16. The summed E-state index contributed by atoms with van der Waals surface area (Å²) in [4.78, 5) is 15.1. The van der Waals surface area contributed by atoms with Crippen molar-refractivity contribution >= 4 is 22.2 Å². The van der Waals surface area contributed by atoms with E-state index in [4.69, 9.17) is 11.0 Å². The third-order valence-electron chi connectivity index (χ3n) is 3.57. The van der Waals surface area contributed by atoms with Gasteiger partial charge in [0, 0.05) is 17.0 Å². The molecule has 1 aromatic heterocycles. The molecule has 0 bridgehead atoms. The molecule has 0 unspecified atom stereocenters. The van der Waals surface area contributed by atoms with Crippen molar-refractivity contribution in [2.75, 3.05) is 12.3 Å². The number of nitriles is 1. The van der Waals surface area contributed by atoms with Crippen LogP contribution in [0.15, 0.2) is 24.3 Å². The Morgan fingerprint density at radius 2 is 2.10 bits per heavy atom. The van der Waals surface area contributed by atoms with Crippen LogP contribution in [-0.4, -0.2) is 17.4 Å². The SMILES string of the molecule is N#Cc1c(N)sc2c1CCN(C(=O)c1ccc(F)cc1)C2. The minimum absolute atomic E-state index is 0.133. The third kappa shape index (κ3) is 2.36. The molecule has 1 amide bonds. The van der Waals surface area contributed by atoms with Crippen molar-refractivity contribution in [2.45, 2.75) is 13.0 Å². The fourth-order valence-corrected chi connectivity index (χ4v) is 3.58. The van der Waals surface area contributed by atoms with Crippen molar-refractivity contribution in [3.63, 3.8) is 0 Å². The normalized spacial score (nSPS) is 13.6. The van der Waals surface area contributed by atoms with Gasteiger partial charge in [0.15, 0.2) is 0 Å². The van der Waals surface area contributed by atoms with E-state index in [2.05, 4.69) is 6.07 Å². The van der Waals surface area contributed by atoms with Gasteiger partial charge in [0.1, 0.15) is 16.9 Å². The van der Waals surface area contributed by atoms with Gasteiger partial charge in [-0.2, -0.15) is 5.26 Å². The molecular weight excluding hydrogens is 289 g/mol. The van der Waals surface area contributed by atoms with Gasteiger partial charge in [0.25, 0.3) is 5.91 Å². The van der Waals surface area contributed by atoms with E-state index in [0.717, 1.165) is 10.4 Å². The second-order valence-electron chi connectivity index (χ2n) is 4.84. The average molecular weight is 301 g/mol. The monoisotopic (exact) mass is 301 g/mol. The number of benzene rings is 1. The fourth-order valence-electron chi connectivity index (χ4n) is 2.50. The highest BCUT2D eigenvalue weighted by Gasteiger charge is 2.26. The summed E-state index contributed by atoms with van der Waals surface area (Å²) >= 11 is 1.36. The lowest BCUT2D eigenvalue weighted by Gasteiger charge is -2.27. The predicted molar refractivity (Wildman–Crippen MR) is 78.3 cm³/mol. The molecule has 0 saturated carbocycles. The lowest BCUT2D eigenvalue weighted by Crippen LogP contribution is -2.35. The van der Waals surface area contributed by atoms with Gasteiger partial charge in [-0.25, -0.2) is 4.39 Å². The summed E-state index contributed by atoms with van der Waals surface area (Å²) < 4.78 is 12.9. The molecule has 6 heteroatoms. The summed E-state index contributed by atoms with van der Waals surface area (Å²) in [7, 11) is 0. The number of anilines is 1. The smallest absolute Gasteiger partial charge is 0.254 e. The van der Waals surface area contributed by atoms with Crippen molar-refractivity contribution in [1.82, 2.24) is 4.90 Å². The number of nitrogen functional groups attached to an aromatic ring is 1. The Morgan fingerprint density at radius 1 is 1.38 bits per heavy atom. The second kappa shape index (κ2) is 5.19. The molecule has 21 heavy (non-hydrogen) atoms. The molecule has 2 heterocycles. The van der Waals surface area contributed by atoms with Gasteiger partial charge >= 0.3 is 0 Å². The zero-order valence-corrected chi connectivity index (χ0v) is 11.9. The number of hydrogen-bond donors (Lipinski definition) is 1. The summed E-state index contributed by atoms with van der Waals surface area (Å²) in [6.07, 6.45) is 0.624. The highest BCUT2D eigenvalue weighted by Crippen LogP contribution is 2.34. The number of halogens is 1. The molecule has 2 N–H and O–H groups in total. The maximum atomic E-state index is 12.9. The quantitative estimate of drug-likeness (QED) is 0.880. The molecule has 0 saturated heterocycles. The Balaban J connectivity index is 1.85. The lowest BCUT2D eigenvalue weighted by molar-refractivity contribution is 0.0737. The van der Waals surface area contributed by atoms with Crippen molar-refractivity contribution in [1.29, 1.82) is 5.26 Å². The van der Waals surface area contributed by atoms with Gasteiger partial charge in [-0.3, -0.25) is 4.79 Å².